The van der Waals surface area contributed by atoms with Crippen LogP contribution in [0.1, 0.15) is 32.5 Å². The number of likely N-dealkylation sites (tertiary alicyclic amines) is 1. The number of nitrogens with zero attached hydrogens (tertiary/aromatic N) is 4. The van der Waals surface area contributed by atoms with Gasteiger partial charge in [0.2, 0.25) is 5.91 Å². The number of imidazole rings is 1. The molecule has 1 N–H and O–H groups in total. The van der Waals surface area contributed by atoms with Crippen molar-refractivity contribution < 1.29 is 4.79 Å². The van der Waals surface area contributed by atoms with Crippen LogP contribution < -0.4 is 5.32 Å². The molecule has 2 aromatic rings. The fraction of sp³-hybridized carbons (Fsp3) is 0.619. The maximum atomic E-state index is 12.8. The topological polar surface area (TPSA) is 53.4 Å². The van der Waals surface area contributed by atoms with E-state index in [0.717, 1.165) is 70.0 Å². The summed E-state index contributed by atoms with van der Waals surface area (Å²) in [6, 6.07) is 8.77. The van der Waals surface area contributed by atoms with E-state index in [9.17, 15) is 4.79 Å². The van der Waals surface area contributed by atoms with Crippen molar-refractivity contribution in [3.8, 4) is 0 Å². The number of nitrogens with one attached hydrogen (secondary N) is 1. The lowest BCUT2D eigenvalue weighted by Gasteiger charge is -2.37. The van der Waals surface area contributed by atoms with Crippen LogP contribution in [0.25, 0.3) is 11.0 Å². The molecule has 1 aromatic carbocycles. The average molecular weight is 370 g/mol. The van der Waals surface area contributed by atoms with Gasteiger partial charge in [-0.25, -0.2) is 4.98 Å². The molecule has 4 rings (SSSR count). The molecule has 2 fully saturated rings. The lowest BCUT2D eigenvalue weighted by Crippen LogP contribution is -2.53. The summed E-state index contributed by atoms with van der Waals surface area (Å²) in [6.07, 6.45) is 1.92. The molecule has 146 valence electrons. The molecule has 0 spiro atoms. The van der Waals surface area contributed by atoms with Gasteiger partial charge in [0.25, 0.3) is 0 Å². The van der Waals surface area contributed by atoms with Crippen molar-refractivity contribution in [3.63, 3.8) is 0 Å². The number of fused-ring (bicyclic) bond motifs is 1. The Morgan fingerprint density at radius 3 is 2.74 bits per heavy atom. The monoisotopic (exact) mass is 369 g/mol. The fourth-order valence-electron chi connectivity index (χ4n) is 4.53. The smallest absolute Gasteiger partial charge is 0.225 e. The molecule has 2 aliphatic heterocycles. The highest BCUT2D eigenvalue weighted by atomic mass is 16.2. The van der Waals surface area contributed by atoms with E-state index in [1.54, 1.807) is 0 Å². The molecular weight excluding hydrogens is 338 g/mol. The summed E-state index contributed by atoms with van der Waals surface area (Å²) < 4.78 is 2.31. The first kappa shape index (κ1) is 18.4. The lowest BCUT2D eigenvalue weighted by atomic mass is 9.94. The van der Waals surface area contributed by atoms with Crippen LogP contribution in [0.2, 0.25) is 0 Å². The van der Waals surface area contributed by atoms with E-state index in [2.05, 4.69) is 51.7 Å². The van der Waals surface area contributed by atoms with E-state index in [1.807, 2.05) is 6.07 Å². The summed E-state index contributed by atoms with van der Waals surface area (Å²) in [5.74, 6) is 1.69. The van der Waals surface area contributed by atoms with Crippen LogP contribution in [0.4, 0.5) is 0 Å². The molecule has 0 unspecified atom stereocenters. The summed E-state index contributed by atoms with van der Waals surface area (Å²) in [7, 11) is 0. The van der Waals surface area contributed by atoms with Crippen molar-refractivity contribution in [2.24, 2.45) is 5.92 Å². The first-order valence-electron chi connectivity index (χ1n) is 10.3. The minimum absolute atomic E-state index is 0.191. The van der Waals surface area contributed by atoms with Crippen molar-refractivity contribution in [2.45, 2.75) is 45.8 Å². The Morgan fingerprint density at radius 2 is 2.00 bits per heavy atom. The Bertz CT molecular complexity index is 793. The largest absolute Gasteiger partial charge is 0.340 e. The van der Waals surface area contributed by atoms with Gasteiger partial charge >= 0.3 is 0 Å². The number of hydrogen-bond donors (Lipinski definition) is 1. The zero-order chi connectivity index (χ0) is 18.8. The number of hydrogen-bond acceptors (Lipinski definition) is 4. The maximum absolute atomic E-state index is 12.8. The third-order valence-electron chi connectivity index (χ3n) is 6.03. The van der Waals surface area contributed by atoms with Gasteiger partial charge in [-0.3, -0.25) is 9.69 Å². The molecule has 2 aliphatic rings. The number of rotatable bonds is 4. The van der Waals surface area contributed by atoms with Gasteiger partial charge in [-0.2, -0.15) is 0 Å². The second kappa shape index (κ2) is 7.98. The van der Waals surface area contributed by atoms with Crippen molar-refractivity contribution in [1.82, 2.24) is 24.7 Å². The average Bonchev–Trinajstić information content (AvgIpc) is 3.05. The summed E-state index contributed by atoms with van der Waals surface area (Å²) in [4.78, 5) is 22.2. The van der Waals surface area contributed by atoms with Crippen molar-refractivity contribution in [1.29, 1.82) is 0 Å². The van der Waals surface area contributed by atoms with Gasteiger partial charge in [-0.1, -0.05) is 12.1 Å². The number of amides is 1. The number of piperazine rings is 1. The first-order valence-corrected chi connectivity index (χ1v) is 10.3. The van der Waals surface area contributed by atoms with Gasteiger partial charge in [-0.05, 0) is 51.9 Å². The molecule has 6 heteroatoms. The van der Waals surface area contributed by atoms with E-state index < -0.39 is 0 Å². The Morgan fingerprint density at radius 1 is 1.22 bits per heavy atom. The molecule has 0 aliphatic carbocycles. The van der Waals surface area contributed by atoms with Crippen LogP contribution in [-0.4, -0.2) is 64.0 Å². The highest BCUT2D eigenvalue weighted by Crippen LogP contribution is 2.23. The highest BCUT2D eigenvalue weighted by molar-refractivity contribution is 5.79. The molecular formula is C21H31N5O. The molecule has 0 radical (unpaired) electrons. The zero-order valence-corrected chi connectivity index (χ0v) is 16.5. The van der Waals surface area contributed by atoms with Crippen LogP contribution in [0, 0.1) is 5.92 Å². The second-order valence-corrected chi connectivity index (χ2v) is 7.95. The number of aryl methyl sites for hydroxylation is 1. The standard InChI is InChI=1S/C21H31N5O/c1-3-26-19-7-5-4-6-18(19)23-20(26)15-24-11-8-17(9-12-24)21(27)25-13-10-22-16(2)14-25/h4-7,16-17,22H,3,8-15H2,1-2H3/t16-/m1/s1. The molecule has 1 atom stereocenters. The number of carbonyl (C=O) groups is 1. The van der Waals surface area contributed by atoms with Crippen LogP contribution in [0.15, 0.2) is 24.3 Å². The van der Waals surface area contributed by atoms with E-state index in [4.69, 9.17) is 4.98 Å². The molecule has 1 aromatic heterocycles. The quantitative estimate of drug-likeness (QED) is 0.897. The van der Waals surface area contributed by atoms with Gasteiger partial charge in [0.15, 0.2) is 0 Å². The van der Waals surface area contributed by atoms with Gasteiger partial charge in [-0.15, -0.1) is 0 Å². The highest BCUT2D eigenvalue weighted by Gasteiger charge is 2.30. The zero-order valence-electron chi connectivity index (χ0n) is 16.5. The normalized spacial score (nSPS) is 22.4. The molecule has 6 nitrogen and oxygen atoms in total. The van der Waals surface area contributed by atoms with Crippen LogP contribution in [0.5, 0.6) is 0 Å². The maximum Gasteiger partial charge on any atom is 0.225 e. The third kappa shape index (κ3) is 3.87. The third-order valence-corrected chi connectivity index (χ3v) is 6.03. The number of aromatic nitrogens is 2. The number of carbonyl (C=O) groups excluding carboxylic acids is 1. The molecule has 0 saturated carbocycles. The summed E-state index contributed by atoms with van der Waals surface area (Å²) >= 11 is 0. The van der Waals surface area contributed by atoms with Gasteiger partial charge < -0.3 is 14.8 Å². The van der Waals surface area contributed by atoms with E-state index >= 15 is 0 Å². The SMILES string of the molecule is CCn1c(CN2CCC(C(=O)N3CCN[C@H](C)C3)CC2)nc2ccccc21. The first-order chi connectivity index (χ1) is 13.2. The summed E-state index contributed by atoms with van der Waals surface area (Å²) in [5.41, 5.74) is 2.29. The molecule has 0 bridgehead atoms. The van der Waals surface area contributed by atoms with E-state index in [-0.39, 0.29) is 5.92 Å². The number of para-hydroxylation sites is 2. The van der Waals surface area contributed by atoms with Gasteiger partial charge in [0.1, 0.15) is 5.82 Å². The Balaban J connectivity index is 1.36. The van der Waals surface area contributed by atoms with Crippen LogP contribution >= 0.6 is 0 Å². The van der Waals surface area contributed by atoms with Crippen molar-refractivity contribution in [2.75, 3.05) is 32.7 Å². The minimum Gasteiger partial charge on any atom is -0.340 e. The summed E-state index contributed by atoms with van der Waals surface area (Å²) in [5, 5.41) is 3.41. The Labute approximate surface area is 161 Å². The Hall–Kier alpha value is -1.92. The predicted octanol–water partition coefficient (Wildman–Crippen LogP) is 2.09. The summed E-state index contributed by atoms with van der Waals surface area (Å²) in [6.45, 7) is 10.7. The molecule has 1 amide bonds. The van der Waals surface area contributed by atoms with E-state index in [0.29, 0.717) is 11.9 Å². The van der Waals surface area contributed by atoms with Crippen LogP contribution in [-0.2, 0) is 17.9 Å². The molecule has 2 saturated heterocycles. The number of benzene rings is 1. The van der Waals surface area contributed by atoms with Gasteiger partial charge in [0.05, 0.1) is 17.6 Å². The molecule has 3 heterocycles. The Kier molecular flexibility index (Phi) is 5.45. The molecule has 27 heavy (non-hydrogen) atoms. The van der Waals surface area contributed by atoms with E-state index in [1.165, 1.54) is 5.52 Å². The van der Waals surface area contributed by atoms with Crippen LogP contribution in [0.3, 0.4) is 0 Å². The predicted molar refractivity (Wildman–Crippen MR) is 107 cm³/mol. The minimum atomic E-state index is 0.191. The van der Waals surface area contributed by atoms with Gasteiger partial charge in [0, 0.05) is 38.1 Å². The van der Waals surface area contributed by atoms with Crippen molar-refractivity contribution in [3.05, 3.63) is 30.1 Å². The second-order valence-electron chi connectivity index (χ2n) is 7.95. The van der Waals surface area contributed by atoms with Crippen molar-refractivity contribution >= 4 is 16.9 Å². The lowest BCUT2D eigenvalue weighted by molar-refractivity contribution is -0.138. The number of piperidine rings is 1. The fourth-order valence-corrected chi connectivity index (χ4v) is 4.53.